The molecule has 1 aromatic rings. The van der Waals surface area contributed by atoms with Crippen molar-refractivity contribution in [2.45, 2.75) is 32.9 Å². The third kappa shape index (κ3) is 5.24. The van der Waals surface area contributed by atoms with Gasteiger partial charge in [-0.2, -0.15) is 0 Å². The first-order valence-corrected chi connectivity index (χ1v) is 6.25. The second kappa shape index (κ2) is 5.92. The molecule has 0 aromatic carbocycles. The van der Waals surface area contributed by atoms with E-state index in [0.29, 0.717) is 6.54 Å². The summed E-state index contributed by atoms with van der Waals surface area (Å²) in [5.41, 5.74) is -0.500. The molecular formula is C11H16N2O4S. The van der Waals surface area contributed by atoms with Crippen LogP contribution in [0.1, 0.15) is 25.6 Å². The molecule has 0 spiro atoms. The van der Waals surface area contributed by atoms with E-state index in [1.54, 1.807) is 26.8 Å². The summed E-state index contributed by atoms with van der Waals surface area (Å²) in [4.78, 5) is 22.2. The number of nitrogens with zero attached hydrogens (tertiary/aromatic N) is 1. The fourth-order valence-electron chi connectivity index (χ4n) is 1.23. The van der Waals surface area contributed by atoms with Crippen molar-refractivity contribution < 1.29 is 14.5 Å². The summed E-state index contributed by atoms with van der Waals surface area (Å²) in [6.45, 7) is 5.90. The highest BCUT2D eigenvalue weighted by molar-refractivity contribution is 7.15. The lowest BCUT2D eigenvalue weighted by Crippen LogP contribution is -2.31. The lowest BCUT2D eigenvalue weighted by Gasteiger charge is -2.19. The van der Waals surface area contributed by atoms with E-state index in [1.807, 2.05) is 0 Å². The second-order valence-corrected chi connectivity index (χ2v) is 5.83. The van der Waals surface area contributed by atoms with Crippen LogP contribution in [-0.2, 0) is 16.1 Å². The average Bonchev–Trinajstić information content (AvgIpc) is 2.63. The van der Waals surface area contributed by atoms with Crippen LogP contribution in [0.15, 0.2) is 12.1 Å². The molecule has 0 amide bonds. The van der Waals surface area contributed by atoms with Gasteiger partial charge in [0.25, 0.3) is 0 Å². The lowest BCUT2D eigenvalue weighted by atomic mass is 10.2. The molecule has 0 radical (unpaired) electrons. The Kier molecular flexibility index (Phi) is 4.80. The maximum Gasteiger partial charge on any atom is 0.324 e. The number of ether oxygens (including phenoxy) is 1. The van der Waals surface area contributed by atoms with Crippen LogP contribution in [0, 0.1) is 10.1 Å². The van der Waals surface area contributed by atoms with Crippen LogP contribution >= 0.6 is 11.3 Å². The van der Waals surface area contributed by atoms with Gasteiger partial charge in [0.2, 0.25) is 0 Å². The first-order chi connectivity index (χ1) is 8.28. The Bertz CT molecular complexity index is 436. The van der Waals surface area contributed by atoms with Crippen molar-refractivity contribution in [1.29, 1.82) is 0 Å². The largest absolute Gasteiger partial charge is 0.459 e. The highest BCUT2D eigenvalue weighted by Crippen LogP contribution is 2.23. The Hall–Kier alpha value is -1.47. The van der Waals surface area contributed by atoms with E-state index < -0.39 is 10.5 Å². The summed E-state index contributed by atoms with van der Waals surface area (Å²) in [5.74, 6) is -0.339. The molecule has 1 heterocycles. The SMILES string of the molecule is CC(C)(C)OC(=O)CNCc1ccc([N+](=O)[O-])s1. The predicted octanol–water partition coefficient (Wildman–Crippen LogP) is 2.09. The van der Waals surface area contributed by atoms with Crippen LogP contribution in [0.3, 0.4) is 0 Å². The van der Waals surface area contributed by atoms with E-state index in [0.717, 1.165) is 16.2 Å². The van der Waals surface area contributed by atoms with Gasteiger partial charge in [-0.25, -0.2) is 0 Å². The molecule has 6 nitrogen and oxygen atoms in total. The van der Waals surface area contributed by atoms with Gasteiger partial charge >= 0.3 is 11.0 Å². The fourth-order valence-corrected chi connectivity index (χ4v) is 2.01. The Morgan fingerprint density at radius 2 is 2.17 bits per heavy atom. The Morgan fingerprint density at radius 3 is 2.67 bits per heavy atom. The normalized spacial score (nSPS) is 11.3. The van der Waals surface area contributed by atoms with Gasteiger partial charge in [-0.15, -0.1) is 0 Å². The van der Waals surface area contributed by atoms with Crippen LogP contribution in [-0.4, -0.2) is 23.0 Å². The number of hydrogen-bond donors (Lipinski definition) is 1. The van der Waals surface area contributed by atoms with Gasteiger partial charge in [-0.05, 0) is 26.8 Å². The van der Waals surface area contributed by atoms with Crippen molar-refractivity contribution in [1.82, 2.24) is 5.32 Å². The third-order valence-corrected chi connectivity index (χ3v) is 2.85. The molecule has 1 rings (SSSR count). The molecule has 0 fully saturated rings. The number of nitro groups is 1. The zero-order chi connectivity index (χ0) is 13.8. The molecular weight excluding hydrogens is 256 g/mol. The number of carbonyl (C=O) groups excluding carboxylic acids is 1. The zero-order valence-corrected chi connectivity index (χ0v) is 11.4. The quantitative estimate of drug-likeness (QED) is 0.504. The topological polar surface area (TPSA) is 81.5 Å². The van der Waals surface area contributed by atoms with E-state index >= 15 is 0 Å². The maximum absolute atomic E-state index is 11.4. The van der Waals surface area contributed by atoms with Crippen molar-refractivity contribution in [3.8, 4) is 0 Å². The predicted molar refractivity (Wildman–Crippen MR) is 68.5 cm³/mol. The molecule has 1 aromatic heterocycles. The summed E-state index contributed by atoms with van der Waals surface area (Å²) in [6.07, 6.45) is 0. The summed E-state index contributed by atoms with van der Waals surface area (Å²) in [6, 6.07) is 3.13. The minimum atomic E-state index is -0.500. The molecule has 0 aliphatic rings. The highest BCUT2D eigenvalue weighted by Gasteiger charge is 2.16. The Labute approximate surface area is 109 Å². The minimum absolute atomic E-state index is 0.0863. The minimum Gasteiger partial charge on any atom is -0.459 e. The van der Waals surface area contributed by atoms with Gasteiger partial charge in [0.15, 0.2) is 0 Å². The summed E-state index contributed by atoms with van der Waals surface area (Å²) in [7, 11) is 0. The fraction of sp³-hybridized carbons (Fsp3) is 0.545. The molecule has 0 unspecified atom stereocenters. The Morgan fingerprint density at radius 1 is 1.50 bits per heavy atom. The molecule has 0 bridgehead atoms. The Balaban J connectivity index is 2.33. The first kappa shape index (κ1) is 14.6. The van der Waals surface area contributed by atoms with Gasteiger partial charge < -0.3 is 10.1 Å². The van der Waals surface area contributed by atoms with Crippen molar-refractivity contribution in [3.63, 3.8) is 0 Å². The van der Waals surface area contributed by atoms with E-state index in [4.69, 9.17) is 4.74 Å². The van der Waals surface area contributed by atoms with E-state index in [1.165, 1.54) is 6.07 Å². The van der Waals surface area contributed by atoms with Gasteiger partial charge in [-0.1, -0.05) is 11.3 Å². The summed E-state index contributed by atoms with van der Waals surface area (Å²) < 4.78 is 5.11. The van der Waals surface area contributed by atoms with E-state index in [-0.39, 0.29) is 17.5 Å². The van der Waals surface area contributed by atoms with Crippen LogP contribution in [0.5, 0.6) is 0 Å². The van der Waals surface area contributed by atoms with Gasteiger partial charge in [0.1, 0.15) is 5.60 Å². The van der Waals surface area contributed by atoms with Crippen molar-refractivity contribution >= 4 is 22.3 Å². The molecule has 0 saturated heterocycles. The summed E-state index contributed by atoms with van der Waals surface area (Å²) >= 11 is 1.09. The van der Waals surface area contributed by atoms with Crippen LogP contribution in [0.25, 0.3) is 0 Å². The zero-order valence-electron chi connectivity index (χ0n) is 10.6. The number of thiophene rings is 1. The van der Waals surface area contributed by atoms with E-state index in [9.17, 15) is 14.9 Å². The number of esters is 1. The maximum atomic E-state index is 11.4. The summed E-state index contributed by atoms with van der Waals surface area (Å²) in [5, 5.41) is 13.5. The number of carbonyl (C=O) groups is 1. The standard InChI is InChI=1S/C11H16N2O4S/c1-11(2,3)17-10(14)7-12-6-8-4-5-9(18-8)13(15)16/h4-5,12H,6-7H2,1-3H3. The van der Waals surface area contributed by atoms with Crippen molar-refractivity contribution in [3.05, 3.63) is 27.1 Å². The molecule has 0 aliphatic carbocycles. The molecule has 0 aliphatic heterocycles. The van der Waals surface area contributed by atoms with E-state index in [2.05, 4.69) is 5.32 Å². The second-order valence-electron chi connectivity index (χ2n) is 4.69. The van der Waals surface area contributed by atoms with Gasteiger partial charge in [0, 0.05) is 17.5 Å². The molecule has 0 atom stereocenters. The van der Waals surface area contributed by atoms with Crippen LogP contribution in [0.4, 0.5) is 5.00 Å². The molecule has 18 heavy (non-hydrogen) atoms. The highest BCUT2D eigenvalue weighted by atomic mass is 32.1. The smallest absolute Gasteiger partial charge is 0.324 e. The van der Waals surface area contributed by atoms with Crippen molar-refractivity contribution in [2.75, 3.05) is 6.54 Å². The first-order valence-electron chi connectivity index (χ1n) is 5.43. The third-order valence-electron chi connectivity index (χ3n) is 1.82. The van der Waals surface area contributed by atoms with Crippen LogP contribution in [0.2, 0.25) is 0 Å². The monoisotopic (exact) mass is 272 g/mol. The number of rotatable bonds is 5. The van der Waals surface area contributed by atoms with Crippen LogP contribution < -0.4 is 5.32 Å². The number of nitrogens with one attached hydrogen (secondary N) is 1. The van der Waals surface area contributed by atoms with Gasteiger partial charge in [0.05, 0.1) is 11.5 Å². The molecule has 1 N–H and O–H groups in total. The van der Waals surface area contributed by atoms with Gasteiger partial charge in [-0.3, -0.25) is 14.9 Å². The molecule has 0 saturated carbocycles. The number of hydrogen-bond acceptors (Lipinski definition) is 6. The average molecular weight is 272 g/mol. The lowest BCUT2D eigenvalue weighted by molar-refractivity contribution is -0.380. The molecule has 100 valence electrons. The molecule has 7 heteroatoms. The van der Waals surface area contributed by atoms with Crippen molar-refractivity contribution in [2.24, 2.45) is 0 Å².